The summed E-state index contributed by atoms with van der Waals surface area (Å²) >= 11 is 0. The number of nitrogens with zero attached hydrogens (tertiary/aromatic N) is 1. The highest BCUT2D eigenvalue weighted by atomic mass is 16.5. The molecule has 1 N–H and O–H groups in total. The molecule has 3 aliphatic rings. The maximum Gasteiger partial charge on any atom is 0.323 e. The summed E-state index contributed by atoms with van der Waals surface area (Å²) in [6.45, 7) is 4.85. The fraction of sp³-hybridized carbons (Fsp3) is 0.462. The van der Waals surface area contributed by atoms with Crippen LogP contribution in [0.2, 0.25) is 0 Å². The maximum atomic E-state index is 13.6. The molecule has 0 bridgehead atoms. The molecular weight excluding hydrogens is 454 g/mol. The van der Waals surface area contributed by atoms with Gasteiger partial charge in [0.25, 0.3) is 0 Å². The molecule has 35 heavy (non-hydrogen) atoms. The molecule has 9 nitrogen and oxygen atoms in total. The lowest BCUT2D eigenvalue weighted by Crippen LogP contribution is -2.42. The number of carboxylic acid groups (broad SMARTS) is 1. The molecule has 2 unspecified atom stereocenters. The van der Waals surface area contributed by atoms with Crippen LogP contribution in [-0.2, 0) is 19.2 Å². The fourth-order valence-corrected chi connectivity index (χ4v) is 5.42. The van der Waals surface area contributed by atoms with Gasteiger partial charge in [-0.15, -0.1) is 0 Å². The van der Waals surface area contributed by atoms with Gasteiger partial charge < -0.3 is 24.2 Å². The number of hydrogen-bond acceptors (Lipinski definition) is 8. The Kier molecular flexibility index (Phi) is 5.99. The van der Waals surface area contributed by atoms with Crippen molar-refractivity contribution in [1.29, 1.82) is 0 Å². The lowest BCUT2D eigenvalue weighted by molar-refractivity contribution is -0.138. The SMILES string of the molecule is COc1cc(C2C3=C(CC(C)(C)CC3=O)N(CC(=O)O)C3=C2C(=O)C(C)C3=O)cc(OC)c1OC. The van der Waals surface area contributed by atoms with Crippen LogP contribution < -0.4 is 14.2 Å². The first-order valence-corrected chi connectivity index (χ1v) is 11.3. The zero-order valence-electron chi connectivity index (χ0n) is 20.7. The molecule has 186 valence electrons. The first-order chi connectivity index (χ1) is 16.4. The number of rotatable bonds is 6. The Hall–Kier alpha value is -3.62. The number of Topliss-reactive ketones (excluding diaryl/α,β-unsaturated/α-hetero) is 3. The number of hydrogen-bond donors (Lipinski definition) is 1. The Morgan fingerprint density at radius 3 is 2.11 bits per heavy atom. The van der Waals surface area contributed by atoms with Crippen molar-refractivity contribution < 1.29 is 38.5 Å². The van der Waals surface area contributed by atoms with E-state index in [9.17, 15) is 24.3 Å². The minimum Gasteiger partial charge on any atom is -0.493 e. The van der Waals surface area contributed by atoms with Crippen molar-refractivity contribution in [3.63, 3.8) is 0 Å². The highest BCUT2D eigenvalue weighted by Crippen LogP contribution is 2.54. The van der Waals surface area contributed by atoms with Crippen molar-refractivity contribution in [3.8, 4) is 17.2 Å². The summed E-state index contributed by atoms with van der Waals surface area (Å²) in [5.41, 5.74) is 1.10. The summed E-state index contributed by atoms with van der Waals surface area (Å²) in [6.07, 6.45) is 0.614. The number of methoxy groups -OCH3 is 3. The molecule has 0 saturated carbocycles. The Balaban J connectivity index is 2.06. The van der Waals surface area contributed by atoms with E-state index >= 15 is 0 Å². The van der Waals surface area contributed by atoms with Crippen molar-refractivity contribution in [2.24, 2.45) is 11.3 Å². The Bertz CT molecular complexity index is 1200. The van der Waals surface area contributed by atoms with Gasteiger partial charge in [0.15, 0.2) is 28.8 Å². The number of benzene rings is 1. The van der Waals surface area contributed by atoms with Crippen LogP contribution in [0.15, 0.2) is 34.7 Å². The van der Waals surface area contributed by atoms with Crippen molar-refractivity contribution >= 4 is 23.3 Å². The van der Waals surface area contributed by atoms with Crippen LogP contribution in [0, 0.1) is 11.3 Å². The summed E-state index contributed by atoms with van der Waals surface area (Å²) in [5, 5.41) is 9.65. The van der Waals surface area contributed by atoms with Gasteiger partial charge in [0.2, 0.25) is 5.75 Å². The molecule has 0 aromatic heterocycles. The molecule has 0 saturated heterocycles. The molecular formula is C26H29NO8. The summed E-state index contributed by atoms with van der Waals surface area (Å²) in [4.78, 5) is 53.5. The molecule has 1 aromatic carbocycles. The van der Waals surface area contributed by atoms with Crippen LogP contribution in [0.4, 0.5) is 0 Å². The van der Waals surface area contributed by atoms with E-state index in [1.54, 1.807) is 12.1 Å². The smallest absolute Gasteiger partial charge is 0.323 e. The van der Waals surface area contributed by atoms with Gasteiger partial charge in [-0.25, -0.2) is 0 Å². The van der Waals surface area contributed by atoms with Gasteiger partial charge in [0.1, 0.15) is 6.54 Å². The molecule has 1 aliphatic heterocycles. The molecule has 1 heterocycles. The minimum absolute atomic E-state index is 0.0629. The monoisotopic (exact) mass is 483 g/mol. The van der Waals surface area contributed by atoms with Crippen LogP contribution in [-0.4, -0.2) is 61.2 Å². The normalized spacial score (nSPS) is 23.4. The second-order valence-corrected chi connectivity index (χ2v) is 9.89. The van der Waals surface area contributed by atoms with Gasteiger partial charge in [-0.3, -0.25) is 19.2 Å². The van der Waals surface area contributed by atoms with E-state index in [1.807, 2.05) is 13.8 Å². The number of allylic oxidation sites excluding steroid dienone is 4. The first kappa shape index (κ1) is 24.5. The van der Waals surface area contributed by atoms with E-state index < -0.39 is 41.3 Å². The van der Waals surface area contributed by atoms with Gasteiger partial charge in [0.05, 0.1) is 32.9 Å². The van der Waals surface area contributed by atoms with Crippen LogP contribution in [0.3, 0.4) is 0 Å². The molecule has 4 rings (SSSR count). The van der Waals surface area contributed by atoms with Crippen molar-refractivity contribution in [2.75, 3.05) is 27.9 Å². The molecule has 0 fully saturated rings. The van der Waals surface area contributed by atoms with E-state index in [2.05, 4.69) is 0 Å². The van der Waals surface area contributed by atoms with Gasteiger partial charge in [0, 0.05) is 29.2 Å². The van der Waals surface area contributed by atoms with E-state index in [-0.39, 0.29) is 23.5 Å². The maximum absolute atomic E-state index is 13.6. The van der Waals surface area contributed by atoms with Crippen LogP contribution in [0.25, 0.3) is 0 Å². The number of carbonyl (C=O) groups excluding carboxylic acids is 3. The van der Waals surface area contributed by atoms with E-state index in [1.165, 1.54) is 33.2 Å². The Morgan fingerprint density at radius 2 is 1.60 bits per heavy atom. The number of carboxylic acids is 1. The third-order valence-electron chi connectivity index (χ3n) is 6.92. The topological polar surface area (TPSA) is 119 Å². The predicted molar refractivity (Wildman–Crippen MR) is 124 cm³/mol. The fourth-order valence-electron chi connectivity index (χ4n) is 5.42. The number of aliphatic carboxylic acids is 1. The van der Waals surface area contributed by atoms with Crippen molar-refractivity contribution in [3.05, 3.63) is 40.2 Å². The zero-order valence-corrected chi connectivity index (χ0v) is 20.7. The predicted octanol–water partition coefficient (Wildman–Crippen LogP) is 2.88. The standard InChI is InChI=1S/C26H29NO8/c1-12-23(31)21-19(13-7-16(33-4)25(35-6)17(8-13)34-5)20-14(9-26(2,3)10-15(20)28)27(11-18(29)30)22(21)24(12)32/h7-8,12,19H,9-11H2,1-6H3,(H,29,30). The van der Waals surface area contributed by atoms with E-state index in [0.29, 0.717) is 40.5 Å². The van der Waals surface area contributed by atoms with Crippen molar-refractivity contribution in [1.82, 2.24) is 4.90 Å². The highest BCUT2D eigenvalue weighted by Gasteiger charge is 2.53. The summed E-state index contributed by atoms with van der Waals surface area (Å²) in [6, 6.07) is 3.34. The molecule has 0 radical (unpaired) electrons. The average Bonchev–Trinajstić information content (AvgIpc) is 3.01. The van der Waals surface area contributed by atoms with Gasteiger partial charge >= 0.3 is 5.97 Å². The number of ether oxygens (including phenoxy) is 3. The first-order valence-electron chi connectivity index (χ1n) is 11.3. The van der Waals surface area contributed by atoms with E-state index in [0.717, 1.165) is 0 Å². The zero-order chi connectivity index (χ0) is 25.8. The second kappa shape index (κ2) is 8.55. The second-order valence-electron chi connectivity index (χ2n) is 9.89. The largest absolute Gasteiger partial charge is 0.493 e. The summed E-state index contributed by atoms with van der Waals surface area (Å²) < 4.78 is 16.4. The lowest BCUT2D eigenvalue weighted by Gasteiger charge is -2.43. The number of carbonyl (C=O) groups is 4. The van der Waals surface area contributed by atoms with E-state index in [4.69, 9.17) is 14.2 Å². The molecule has 0 amide bonds. The third kappa shape index (κ3) is 3.79. The quantitative estimate of drug-likeness (QED) is 0.609. The third-order valence-corrected chi connectivity index (χ3v) is 6.92. The molecule has 0 spiro atoms. The van der Waals surface area contributed by atoms with Crippen LogP contribution in [0.5, 0.6) is 17.2 Å². The Morgan fingerprint density at radius 1 is 1.00 bits per heavy atom. The van der Waals surface area contributed by atoms with Gasteiger partial charge in [-0.05, 0) is 36.5 Å². The van der Waals surface area contributed by atoms with Gasteiger partial charge in [-0.2, -0.15) is 0 Å². The highest BCUT2D eigenvalue weighted by molar-refractivity contribution is 6.26. The van der Waals surface area contributed by atoms with Crippen molar-refractivity contribution in [2.45, 2.75) is 39.5 Å². The average molecular weight is 484 g/mol. The molecule has 2 atom stereocenters. The van der Waals surface area contributed by atoms with Crippen LogP contribution >= 0.6 is 0 Å². The minimum atomic E-state index is -1.16. The lowest BCUT2D eigenvalue weighted by atomic mass is 9.68. The summed E-state index contributed by atoms with van der Waals surface area (Å²) in [7, 11) is 4.40. The number of ketones is 3. The molecule has 1 aromatic rings. The van der Waals surface area contributed by atoms with Gasteiger partial charge in [-0.1, -0.05) is 13.8 Å². The van der Waals surface area contributed by atoms with Crippen LogP contribution in [0.1, 0.15) is 45.1 Å². The molecule has 2 aliphatic carbocycles. The Labute approximate surface area is 203 Å². The molecule has 9 heteroatoms. The summed E-state index contributed by atoms with van der Waals surface area (Å²) in [5.74, 6) is -2.99.